The van der Waals surface area contributed by atoms with Gasteiger partial charge in [0, 0.05) is 24.0 Å². The highest BCUT2D eigenvalue weighted by atomic mass is 35.5. The van der Waals surface area contributed by atoms with Crippen LogP contribution < -0.4 is 19.1 Å². The monoisotopic (exact) mass is 677 g/mol. The number of sulfonamides is 1. The fourth-order valence-electron chi connectivity index (χ4n) is 5.00. The Morgan fingerprint density at radius 1 is 0.830 bits per heavy atom. The van der Waals surface area contributed by atoms with Gasteiger partial charge in [0.1, 0.15) is 24.1 Å². The number of benzene rings is 4. The summed E-state index contributed by atoms with van der Waals surface area (Å²) in [6.07, 6.45) is 0.900. The number of methoxy groups -OCH3 is 2. The van der Waals surface area contributed by atoms with Crippen molar-refractivity contribution in [3.8, 4) is 11.5 Å². The molecule has 4 aromatic rings. The standard InChI is InChI=1S/C36H40ClN3O6S/c1-5-26(2)38-36(42)34(22-27-11-7-6-8-12-27)39(24-28-13-9-16-32(21-28)46-4)35(41)25-40(30-15-10-14-29(37)23-30)47(43,44)33-19-17-31(45-3)18-20-33/h6-21,23,26,34H,5,22,24-25H2,1-4H3,(H,38,42)/t26-,34-/m0/s1. The second kappa shape index (κ2) is 16.3. The normalized spacial score (nSPS) is 12.4. The van der Waals surface area contributed by atoms with Gasteiger partial charge in [-0.05, 0) is 79.1 Å². The average molecular weight is 678 g/mol. The predicted molar refractivity (Wildman–Crippen MR) is 184 cm³/mol. The van der Waals surface area contributed by atoms with Crippen LogP contribution in [0.3, 0.4) is 0 Å². The number of amides is 2. The minimum atomic E-state index is -4.28. The maximum Gasteiger partial charge on any atom is 0.264 e. The molecule has 0 saturated carbocycles. The lowest BCUT2D eigenvalue weighted by atomic mass is 10.0. The highest BCUT2D eigenvalue weighted by Gasteiger charge is 2.35. The first kappa shape index (κ1) is 35.3. The zero-order chi connectivity index (χ0) is 34.0. The zero-order valence-corrected chi connectivity index (χ0v) is 28.5. The van der Waals surface area contributed by atoms with Gasteiger partial charge in [-0.1, -0.05) is 67.1 Å². The molecule has 9 nitrogen and oxygen atoms in total. The van der Waals surface area contributed by atoms with E-state index in [1.807, 2.05) is 50.2 Å². The van der Waals surface area contributed by atoms with Gasteiger partial charge in [-0.25, -0.2) is 8.42 Å². The Balaban J connectivity index is 1.82. The lowest BCUT2D eigenvalue weighted by molar-refractivity contribution is -0.140. The third kappa shape index (κ3) is 9.27. The molecule has 0 unspecified atom stereocenters. The van der Waals surface area contributed by atoms with E-state index in [4.69, 9.17) is 21.1 Å². The topological polar surface area (TPSA) is 105 Å². The molecule has 11 heteroatoms. The third-order valence-corrected chi connectivity index (χ3v) is 9.80. The Labute approximate surface area is 282 Å². The summed E-state index contributed by atoms with van der Waals surface area (Å²) in [6.45, 7) is 3.28. The van der Waals surface area contributed by atoms with E-state index < -0.39 is 28.5 Å². The van der Waals surface area contributed by atoms with Crippen molar-refractivity contribution in [3.63, 3.8) is 0 Å². The number of hydrogen-bond donors (Lipinski definition) is 1. The van der Waals surface area contributed by atoms with Crippen LogP contribution in [0.15, 0.2) is 108 Å². The SMILES string of the molecule is CC[C@H](C)NC(=O)[C@H](Cc1ccccc1)N(Cc1cccc(OC)c1)C(=O)CN(c1cccc(Cl)c1)S(=O)(=O)c1ccc(OC)cc1. The van der Waals surface area contributed by atoms with Gasteiger partial charge in [0.05, 0.1) is 24.8 Å². The van der Waals surface area contributed by atoms with Crippen LogP contribution >= 0.6 is 11.6 Å². The van der Waals surface area contributed by atoms with Crippen molar-refractivity contribution in [1.82, 2.24) is 10.2 Å². The summed E-state index contributed by atoms with van der Waals surface area (Å²) in [6, 6.07) is 27.7. The fraction of sp³-hybridized carbons (Fsp3) is 0.278. The van der Waals surface area contributed by atoms with E-state index in [1.54, 1.807) is 43.5 Å². The highest BCUT2D eigenvalue weighted by Crippen LogP contribution is 2.28. The molecule has 0 bridgehead atoms. The molecule has 0 heterocycles. The van der Waals surface area contributed by atoms with Crippen LogP contribution in [0.2, 0.25) is 5.02 Å². The molecule has 4 rings (SSSR count). The number of carbonyl (C=O) groups is 2. The molecule has 0 saturated heterocycles. The van der Waals surface area contributed by atoms with Gasteiger partial charge >= 0.3 is 0 Å². The van der Waals surface area contributed by atoms with E-state index in [1.165, 1.54) is 42.3 Å². The van der Waals surface area contributed by atoms with Crippen LogP contribution in [-0.2, 0) is 32.6 Å². The maximum atomic E-state index is 14.6. The molecule has 0 aliphatic heterocycles. The van der Waals surface area contributed by atoms with Crippen LogP contribution in [0.25, 0.3) is 0 Å². The smallest absolute Gasteiger partial charge is 0.264 e. The number of hydrogen-bond acceptors (Lipinski definition) is 6. The van der Waals surface area contributed by atoms with Crippen molar-refractivity contribution in [2.24, 2.45) is 0 Å². The zero-order valence-electron chi connectivity index (χ0n) is 26.9. The number of anilines is 1. The summed E-state index contributed by atoms with van der Waals surface area (Å²) < 4.78 is 40.0. The minimum Gasteiger partial charge on any atom is -0.497 e. The van der Waals surface area contributed by atoms with Crippen molar-refractivity contribution >= 4 is 39.1 Å². The number of nitrogens with zero attached hydrogens (tertiary/aromatic N) is 2. The molecule has 0 aliphatic carbocycles. The van der Waals surface area contributed by atoms with E-state index >= 15 is 0 Å². The molecule has 0 aromatic heterocycles. The lowest BCUT2D eigenvalue weighted by Gasteiger charge is -2.34. The van der Waals surface area contributed by atoms with Crippen molar-refractivity contribution in [1.29, 1.82) is 0 Å². The molecule has 248 valence electrons. The number of carbonyl (C=O) groups excluding carboxylic acids is 2. The number of rotatable bonds is 15. The number of ether oxygens (including phenoxy) is 2. The maximum absolute atomic E-state index is 14.6. The summed E-state index contributed by atoms with van der Waals surface area (Å²) in [7, 11) is -1.25. The molecule has 0 aliphatic rings. The molecule has 2 amide bonds. The molecular weight excluding hydrogens is 638 g/mol. The summed E-state index contributed by atoms with van der Waals surface area (Å²) in [4.78, 5) is 30.0. The van der Waals surface area contributed by atoms with Gasteiger partial charge in [-0.15, -0.1) is 0 Å². The van der Waals surface area contributed by atoms with Crippen molar-refractivity contribution in [2.45, 2.75) is 50.2 Å². The van der Waals surface area contributed by atoms with Crippen molar-refractivity contribution in [3.05, 3.63) is 119 Å². The van der Waals surface area contributed by atoms with E-state index in [0.29, 0.717) is 28.5 Å². The third-order valence-electron chi connectivity index (χ3n) is 7.78. The first-order chi connectivity index (χ1) is 22.5. The molecule has 4 aromatic carbocycles. The Morgan fingerprint density at radius 2 is 1.49 bits per heavy atom. The fourth-order valence-corrected chi connectivity index (χ4v) is 6.59. The second-order valence-corrected chi connectivity index (χ2v) is 13.4. The summed E-state index contributed by atoms with van der Waals surface area (Å²) >= 11 is 6.31. The predicted octanol–water partition coefficient (Wildman–Crippen LogP) is 6.11. The Kier molecular flexibility index (Phi) is 12.3. The molecule has 1 N–H and O–H groups in total. The molecule has 2 atom stereocenters. The van der Waals surface area contributed by atoms with Gasteiger partial charge in [-0.3, -0.25) is 13.9 Å². The molecular formula is C36H40ClN3O6S. The van der Waals surface area contributed by atoms with Crippen molar-refractivity contribution < 1.29 is 27.5 Å². The molecule has 0 fully saturated rings. The van der Waals surface area contributed by atoms with E-state index in [0.717, 1.165) is 9.87 Å². The highest BCUT2D eigenvalue weighted by molar-refractivity contribution is 7.92. The quantitative estimate of drug-likeness (QED) is 0.163. The van der Waals surface area contributed by atoms with Crippen LogP contribution in [0.5, 0.6) is 11.5 Å². The van der Waals surface area contributed by atoms with Gasteiger partial charge < -0.3 is 19.7 Å². The Bertz CT molecular complexity index is 1750. The van der Waals surface area contributed by atoms with Crippen LogP contribution in [0.1, 0.15) is 31.4 Å². The van der Waals surface area contributed by atoms with Gasteiger partial charge in [0.15, 0.2) is 0 Å². The van der Waals surface area contributed by atoms with Gasteiger partial charge in [0.2, 0.25) is 11.8 Å². The van der Waals surface area contributed by atoms with Crippen LogP contribution in [-0.4, -0.2) is 58.0 Å². The van der Waals surface area contributed by atoms with Crippen molar-refractivity contribution in [2.75, 3.05) is 25.1 Å². The van der Waals surface area contributed by atoms with E-state index in [2.05, 4.69) is 5.32 Å². The lowest BCUT2D eigenvalue weighted by Crippen LogP contribution is -2.54. The molecule has 0 spiro atoms. The first-order valence-corrected chi connectivity index (χ1v) is 17.1. The van der Waals surface area contributed by atoms with E-state index in [-0.39, 0.29) is 35.5 Å². The largest absolute Gasteiger partial charge is 0.497 e. The summed E-state index contributed by atoms with van der Waals surface area (Å²) in [5.74, 6) is 0.146. The van der Waals surface area contributed by atoms with Crippen LogP contribution in [0, 0.1) is 0 Å². The average Bonchev–Trinajstić information content (AvgIpc) is 3.08. The van der Waals surface area contributed by atoms with E-state index in [9.17, 15) is 18.0 Å². The Hall–Kier alpha value is -4.54. The summed E-state index contributed by atoms with van der Waals surface area (Å²) in [5.41, 5.74) is 1.75. The van der Waals surface area contributed by atoms with Crippen LogP contribution in [0.4, 0.5) is 5.69 Å². The van der Waals surface area contributed by atoms with Gasteiger partial charge in [-0.2, -0.15) is 0 Å². The second-order valence-electron chi connectivity index (χ2n) is 11.1. The van der Waals surface area contributed by atoms with Gasteiger partial charge in [0.25, 0.3) is 10.0 Å². The Morgan fingerprint density at radius 3 is 2.13 bits per heavy atom. The number of nitrogens with one attached hydrogen (secondary N) is 1. The number of halogens is 1. The minimum absolute atomic E-state index is 0.0213. The first-order valence-electron chi connectivity index (χ1n) is 15.2. The molecule has 47 heavy (non-hydrogen) atoms. The summed E-state index contributed by atoms with van der Waals surface area (Å²) in [5, 5.41) is 3.33. The molecule has 0 radical (unpaired) electrons.